The molecule has 0 aromatic heterocycles. The number of aliphatic imine (C=N–C) groups is 1. The molecule has 0 atom stereocenters. The van der Waals surface area contributed by atoms with Crippen molar-refractivity contribution in [1.82, 2.24) is 0 Å². The van der Waals surface area contributed by atoms with Crippen molar-refractivity contribution in [3.63, 3.8) is 0 Å². The lowest BCUT2D eigenvalue weighted by molar-refractivity contribution is 1.54. The van der Waals surface area contributed by atoms with E-state index >= 15 is 0 Å². The molecule has 0 saturated heterocycles. The minimum atomic E-state index is 1.09. The number of thioether (sulfide) groups is 1. The Morgan fingerprint density at radius 1 is 1.25 bits per heavy atom. The Morgan fingerprint density at radius 2 is 2.17 bits per heavy atom. The topological polar surface area (TPSA) is 12.4 Å². The fraction of sp³-hybridized carbons (Fsp3) is 0.100. The maximum atomic E-state index is 4.52. The van der Waals surface area contributed by atoms with Gasteiger partial charge >= 0.3 is 0 Å². The lowest BCUT2D eigenvalue weighted by Gasteiger charge is -1.95. The van der Waals surface area contributed by atoms with Crippen molar-refractivity contribution in [2.24, 2.45) is 4.99 Å². The van der Waals surface area contributed by atoms with Gasteiger partial charge in [0.1, 0.15) is 5.04 Å². The molecule has 0 N–H and O–H groups in total. The molecule has 0 spiro atoms. The van der Waals surface area contributed by atoms with Crippen LogP contribution in [0.2, 0.25) is 0 Å². The van der Waals surface area contributed by atoms with Gasteiger partial charge < -0.3 is 0 Å². The van der Waals surface area contributed by atoms with E-state index in [0.29, 0.717) is 0 Å². The Kier molecular flexibility index (Phi) is 1.21. The first-order valence-corrected chi connectivity index (χ1v) is 4.95. The van der Waals surface area contributed by atoms with E-state index in [9.17, 15) is 0 Å². The largest absolute Gasteiger partial charge is 0.241 e. The molecule has 1 aromatic carbocycles. The molecule has 1 aromatic rings. The van der Waals surface area contributed by atoms with E-state index in [1.807, 2.05) is 17.8 Å². The van der Waals surface area contributed by atoms with E-state index < -0.39 is 0 Å². The second-order valence-electron chi connectivity index (χ2n) is 2.86. The number of fused-ring (bicyclic) bond motifs is 3. The monoisotopic (exact) mass is 173 g/mol. The lowest BCUT2D eigenvalue weighted by Crippen LogP contribution is -1.82. The highest BCUT2D eigenvalue weighted by molar-refractivity contribution is 8.15. The highest BCUT2D eigenvalue weighted by Gasteiger charge is 2.23. The molecule has 0 fully saturated rings. The molecular weight excluding hydrogens is 166 g/mol. The van der Waals surface area contributed by atoms with E-state index in [0.717, 1.165) is 11.4 Å². The van der Waals surface area contributed by atoms with Crippen LogP contribution < -0.4 is 0 Å². The van der Waals surface area contributed by atoms with E-state index in [1.165, 1.54) is 16.2 Å². The molecule has 0 amide bonds. The molecule has 2 aliphatic heterocycles. The van der Waals surface area contributed by atoms with Gasteiger partial charge in [-0.1, -0.05) is 24.3 Å². The molecule has 1 nitrogen and oxygen atoms in total. The first kappa shape index (κ1) is 6.49. The predicted molar refractivity (Wildman–Crippen MR) is 54.0 cm³/mol. The van der Waals surface area contributed by atoms with Crippen molar-refractivity contribution in [2.75, 3.05) is 5.75 Å². The van der Waals surface area contributed by atoms with Crippen molar-refractivity contribution < 1.29 is 0 Å². The van der Waals surface area contributed by atoms with Gasteiger partial charge in [0.05, 0.1) is 5.69 Å². The number of hydrogen-bond donors (Lipinski definition) is 0. The van der Waals surface area contributed by atoms with Crippen LogP contribution in [0.15, 0.2) is 35.3 Å². The highest BCUT2D eigenvalue weighted by atomic mass is 32.2. The van der Waals surface area contributed by atoms with Crippen LogP contribution >= 0.6 is 11.8 Å². The van der Waals surface area contributed by atoms with Crippen LogP contribution in [0.4, 0.5) is 5.69 Å². The molecule has 2 aliphatic rings. The molecule has 2 heteroatoms. The predicted octanol–water partition coefficient (Wildman–Crippen LogP) is 2.86. The molecular formula is C10H7NS. The molecule has 2 heterocycles. The number of benzene rings is 1. The Morgan fingerprint density at radius 3 is 3.17 bits per heavy atom. The lowest BCUT2D eigenvalue weighted by atomic mass is 10.1. The van der Waals surface area contributed by atoms with Gasteiger partial charge in [0, 0.05) is 16.9 Å². The molecule has 0 unspecified atom stereocenters. The first-order valence-electron chi connectivity index (χ1n) is 3.96. The standard InChI is InChI=1S/C10H7NS/c1-2-4-9-7(3-1)8-5-6-12-10(8)11-9/h1-5H,6H2. The summed E-state index contributed by atoms with van der Waals surface area (Å²) in [5, 5.41) is 1.20. The minimum Gasteiger partial charge on any atom is -0.241 e. The summed E-state index contributed by atoms with van der Waals surface area (Å²) in [6.45, 7) is 0. The number of rotatable bonds is 0. The van der Waals surface area contributed by atoms with Gasteiger partial charge in [-0.3, -0.25) is 0 Å². The van der Waals surface area contributed by atoms with Crippen molar-refractivity contribution in [3.05, 3.63) is 35.9 Å². The van der Waals surface area contributed by atoms with E-state index in [2.05, 4.69) is 29.3 Å². The summed E-state index contributed by atoms with van der Waals surface area (Å²) in [4.78, 5) is 4.52. The zero-order chi connectivity index (χ0) is 7.97. The van der Waals surface area contributed by atoms with Gasteiger partial charge in [-0.25, -0.2) is 4.99 Å². The number of nitrogens with zero attached hydrogens (tertiary/aromatic N) is 1. The second-order valence-corrected chi connectivity index (χ2v) is 3.87. The number of para-hydroxylation sites is 1. The van der Waals surface area contributed by atoms with Gasteiger partial charge in [0.2, 0.25) is 0 Å². The van der Waals surface area contributed by atoms with Crippen LogP contribution in [-0.4, -0.2) is 10.8 Å². The third kappa shape index (κ3) is 0.730. The molecule has 0 radical (unpaired) electrons. The summed E-state index contributed by atoms with van der Waals surface area (Å²) >= 11 is 1.83. The molecule has 0 saturated carbocycles. The van der Waals surface area contributed by atoms with Crippen molar-refractivity contribution in [3.8, 4) is 0 Å². The SMILES string of the molecule is C1=C2C(=Nc3ccccc32)SC1. The fourth-order valence-electron chi connectivity index (χ4n) is 1.59. The maximum absolute atomic E-state index is 4.52. The minimum absolute atomic E-state index is 1.09. The Hall–Kier alpha value is -1.02. The average Bonchev–Trinajstić information content (AvgIpc) is 2.62. The molecule has 0 bridgehead atoms. The number of hydrogen-bond acceptors (Lipinski definition) is 2. The van der Waals surface area contributed by atoms with Gasteiger partial charge in [0.15, 0.2) is 0 Å². The third-order valence-electron chi connectivity index (χ3n) is 2.15. The van der Waals surface area contributed by atoms with Crippen LogP contribution in [-0.2, 0) is 0 Å². The van der Waals surface area contributed by atoms with Crippen molar-refractivity contribution in [2.45, 2.75) is 0 Å². The quantitative estimate of drug-likeness (QED) is 0.587. The Labute approximate surface area is 75.2 Å². The summed E-state index contributed by atoms with van der Waals surface area (Å²) in [6, 6.07) is 8.32. The van der Waals surface area contributed by atoms with Crippen LogP contribution in [0.25, 0.3) is 5.57 Å². The summed E-state index contributed by atoms with van der Waals surface area (Å²) in [5.74, 6) is 1.09. The van der Waals surface area contributed by atoms with E-state index in [4.69, 9.17) is 0 Å². The zero-order valence-corrected chi connectivity index (χ0v) is 7.27. The Balaban J connectivity index is 2.29. The van der Waals surface area contributed by atoms with Crippen LogP contribution in [0, 0.1) is 0 Å². The molecule has 3 rings (SSSR count). The van der Waals surface area contributed by atoms with Crippen LogP contribution in [0.3, 0.4) is 0 Å². The summed E-state index contributed by atoms with van der Waals surface area (Å²) in [7, 11) is 0. The molecule has 12 heavy (non-hydrogen) atoms. The van der Waals surface area contributed by atoms with E-state index in [1.54, 1.807) is 0 Å². The van der Waals surface area contributed by atoms with E-state index in [-0.39, 0.29) is 0 Å². The van der Waals surface area contributed by atoms with Crippen LogP contribution in [0.1, 0.15) is 5.56 Å². The van der Waals surface area contributed by atoms with Crippen molar-refractivity contribution >= 4 is 28.1 Å². The smallest absolute Gasteiger partial charge is 0.105 e. The summed E-state index contributed by atoms with van der Waals surface area (Å²) in [6.07, 6.45) is 2.26. The summed E-state index contributed by atoms with van der Waals surface area (Å²) in [5.41, 5.74) is 3.78. The van der Waals surface area contributed by atoms with Crippen LogP contribution in [0.5, 0.6) is 0 Å². The van der Waals surface area contributed by atoms with Crippen molar-refractivity contribution in [1.29, 1.82) is 0 Å². The van der Waals surface area contributed by atoms with Gasteiger partial charge in [-0.05, 0) is 6.07 Å². The highest BCUT2D eigenvalue weighted by Crippen LogP contribution is 2.41. The average molecular weight is 173 g/mol. The fourth-order valence-corrected chi connectivity index (χ4v) is 2.51. The van der Waals surface area contributed by atoms with Gasteiger partial charge in [-0.2, -0.15) is 0 Å². The van der Waals surface area contributed by atoms with Gasteiger partial charge in [0.25, 0.3) is 0 Å². The Bertz CT molecular complexity index is 404. The molecule has 0 aliphatic carbocycles. The first-order chi connectivity index (χ1) is 5.95. The molecule has 58 valence electrons. The maximum Gasteiger partial charge on any atom is 0.105 e. The third-order valence-corrected chi connectivity index (χ3v) is 3.07. The summed E-state index contributed by atoms with van der Waals surface area (Å²) < 4.78 is 0. The van der Waals surface area contributed by atoms with Gasteiger partial charge in [-0.15, -0.1) is 11.8 Å². The second kappa shape index (κ2) is 2.23. The zero-order valence-electron chi connectivity index (χ0n) is 6.45. The normalized spacial score (nSPS) is 18.3.